The van der Waals surface area contributed by atoms with E-state index in [1.54, 1.807) is 13.8 Å². The van der Waals surface area contributed by atoms with E-state index in [0.29, 0.717) is 0 Å². The molecule has 0 saturated carbocycles. The maximum Gasteiger partial charge on any atom is 0.378 e. The molecule has 94 valence electrons. The Balaban J connectivity index is 5.01. The fourth-order valence-electron chi connectivity index (χ4n) is 1.06. The third-order valence-electron chi connectivity index (χ3n) is 1.53. The fraction of sp³-hybridized carbons (Fsp3) is 0.778. The second-order valence-electron chi connectivity index (χ2n) is 2.95. The Morgan fingerprint density at radius 3 is 1.81 bits per heavy atom. The Hall–Kier alpha value is -0.710. The number of esters is 1. The Bertz CT molecular complexity index is 290. The maximum atomic E-state index is 12.1. The summed E-state index contributed by atoms with van der Waals surface area (Å²) in [6.45, 7) is 5.70. The van der Waals surface area contributed by atoms with Crippen LogP contribution in [0.2, 0.25) is 0 Å². The minimum absolute atomic E-state index is 0.0995. The zero-order valence-electron chi connectivity index (χ0n) is 9.89. The van der Waals surface area contributed by atoms with Gasteiger partial charge in [-0.2, -0.15) is 0 Å². The van der Waals surface area contributed by atoms with Gasteiger partial charge in [0.25, 0.3) is 5.85 Å². The number of ether oxygens (including phenoxy) is 1. The second-order valence-corrected chi connectivity index (χ2v) is 5.01. The lowest BCUT2D eigenvalue weighted by molar-refractivity contribution is -0.148. The van der Waals surface area contributed by atoms with Gasteiger partial charge >= 0.3 is 13.6 Å². The third kappa shape index (κ3) is 4.43. The molecule has 0 rings (SSSR count). The summed E-state index contributed by atoms with van der Waals surface area (Å²) in [5.41, 5.74) is 0. The van der Waals surface area contributed by atoms with E-state index in [-0.39, 0.29) is 13.2 Å². The summed E-state index contributed by atoms with van der Waals surface area (Å²) in [5.74, 6) is -2.76. The van der Waals surface area contributed by atoms with Gasteiger partial charge in [0.1, 0.15) is 0 Å². The smallest absolute Gasteiger partial charge is 0.378 e. The van der Waals surface area contributed by atoms with Gasteiger partial charge in [-0.25, -0.2) is 0 Å². The molecule has 0 radical (unpaired) electrons. The van der Waals surface area contributed by atoms with E-state index >= 15 is 0 Å². The molecule has 0 saturated heterocycles. The molecule has 0 heterocycles. The van der Waals surface area contributed by atoms with Crippen LogP contribution in [0.25, 0.3) is 0 Å². The molecule has 0 amide bonds. The first-order valence-corrected chi connectivity index (χ1v) is 6.55. The highest BCUT2D eigenvalue weighted by atomic mass is 31.2. The van der Waals surface area contributed by atoms with Crippen LogP contribution in [0.5, 0.6) is 0 Å². The molecular formula is C9H17O6P. The van der Waals surface area contributed by atoms with Crippen molar-refractivity contribution >= 4 is 19.3 Å². The average molecular weight is 252 g/mol. The van der Waals surface area contributed by atoms with Crippen LogP contribution in [-0.2, 0) is 27.9 Å². The molecule has 0 spiro atoms. The van der Waals surface area contributed by atoms with Gasteiger partial charge in [0.2, 0.25) is 0 Å². The van der Waals surface area contributed by atoms with E-state index in [4.69, 9.17) is 9.05 Å². The Labute approximate surface area is 94.8 Å². The van der Waals surface area contributed by atoms with E-state index in [1.807, 2.05) is 0 Å². The molecule has 16 heavy (non-hydrogen) atoms. The highest BCUT2D eigenvalue weighted by Crippen LogP contribution is 2.53. The monoisotopic (exact) mass is 252 g/mol. The summed E-state index contributed by atoms with van der Waals surface area (Å²) < 4.78 is 26.7. The summed E-state index contributed by atoms with van der Waals surface area (Å²) in [7, 11) is -3.73. The van der Waals surface area contributed by atoms with Gasteiger partial charge in [-0.15, -0.1) is 0 Å². The van der Waals surface area contributed by atoms with Crippen molar-refractivity contribution in [3.05, 3.63) is 0 Å². The van der Waals surface area contributed by atoms with Crippen LogP contribution in [0, 0.1) is 0 Å². The van der Waals surface area contributed by atoms with Crippen molar-refractivity contribution in [3.8, 4) is 0 Å². The molecule has 0 aromatic heterocycles. The highest BCUT2D eigenvalue weighted by Gasteiger charge is 2.41. The zero-order valence-corrected chi connectivity index (χ0v) is 10.8. The van der Waals surface area contributed by atoms with Crippen LogP contribution in [0.1, 0.15) is 27.7 Å². The average Bonchev–Trinajstić information content (AvgIpc) is 2.14. The van der Waals surface area contributed by atoms with Crippen molar-refractivity contribution in [2.75, 3.05) is 13.2 Å². The van der Waals surface area contributed by atoms with Gasteiger partial charge in [0.15, 0.2) is 5.78 Å². The van der Waals surface area contributed by atoms with Crippen LogP contribution in [0.3, 0.4) is 0 Å². The first kappa shape index (κ1) is 15.3. The topological polar surface area (TPSA) is 78.9 Å². The lowest BCUT2D eigenvalue weighted by Crippen LogP contribution is -2.26. The lowest BCUT2D eigenvalue weighted by atomic mass is 10.5. The molecule has 0 aromatic carbocycles. The Morgan fingerprint density at radius 1 is 1.12 bits per heavy atom. The van der Waals surface area contributed by atoms with Crippen molar-refractivity contribution < 1.29 is 27.9 Å². The molecule has 0 N–H and O–H groups in total. The van der Waals surface area contributed by atoms with Gasteiger partial charge in [-0.1, -0.05) is 0 Å². The van der Waals surface area contributed by atoms with Crippen molar-refractivity contribution in [2.24, 2.45) is 0 Å². The number of carbonyl (C=O) groups is 2. The summed E-state index contributed by atoms with van der Waals surface area (Å²) in [4.78, 5) is 22.1. The zero-order chi connectivity index (χ0) is 12.8. The number of carbonyl (C=O) groups excluding carboxylic acids is 2. The Kier molecular flexibility index (Phi) is 6.48. The predicted octanol–water partition coefficient (Wildman–Crippen LogP) is 1.73. The van der Waals surface area contributed by atoms with E-state index in [2.05, 4.69) is 4.74 Å². The quantitative estimate of drug-likeness (QED) is 0.507. The second kappa shape index (κ2) is 6.78. The van der Waals surface area contributed by atoms with Gasteiger partial charge in [-0.3, -0.25) is 14.2 Å². The van der Waals surface area contributed by atoms with Crippen molar-refractivity contribution in [1.29, 1.82) is 0 Å². The number of ketones is 1. The van der Waals surface area contributed by atoms with Crippen LogP contribution < -0.4 is 0 Å². The van der Waals surface area contributed by atoms with Crippen LogP contribution in [0.4, 0.5) is 0 Å². The molecule has 6 nitrogen and oxygen atoms in total. The van der Waals surface area contributed by atoms with Gasteiger partial charge in [0.05, 0.1) is 13.2 Å². The molecule has 0 aromatic rings. The lowest BCUT2D eigenvalue weighted by Gasteiger charge is -2.23. The third-order valence-corrected chi connectivity index (χ3v) is 3.81. The van der Waals surface area contributed by atoms with E-state index in [1.165, 1.54) is 0 Å². The summed E-state index contributed by atoms with van der Waals surface area (Å²) in [6, 6.07) is 0. The maximum absolute atomic E-state index is 12.1. The number of hydrogen-bond acceptors (Lipinski definition) is 6. The number of Topliss-reactive ketones (excluding diaryl/α,β-unsaturated/α-hetero) is 1. The molecule has 1 unspecified atom stereocenters. The van der Waals surface area contributed by atoms with Gasteiger partial charge < -0.3 is 13.8 Å². The minimum Gasteiger partial charge on any atom is -0.441 e. The molecule has 0 fully saturated rings. The molecular weight excluding hydrogens is 235 g/mol. The van der Waals surface area contributed by atoms with Crippen molar-refractivity contribution in [3.63, 3.8) is 0 Å². The Morgan fingerprint density at radius 2 is 1.56 bits per heavy atom. The standard InChI is InChI=1S/C9H17O6P/c1-5-13-16(12,14-6-2)9(7(3)10)15-8(4)11/h9H,5-6H2,1-4H3. The van der Waals surface area contributed by atoms with Crippen LogP contribution in [-0.4, -0.2) is 30.8 Å². The minimum atomic E-state index is -3.73. The largest absolute Gasteiger partial charge is 0.441 e. The number of hydrogen-bond donors (Lipinski definition) is 0. The first-order chi connectivity index (χ1) is 7.37. The number of rotatable bonds is 7. The molecule has 0 bridgehead atoms. The van der Waals surface area contributed by atoms with Crippen LogP contribution >= 0.6 is 7.60 Å². The van der Waals surface area contributed by atoms with E-state index in [9.17, 15) is 14.2 Å². The fourth-order valence-corrected chi connectivity index (χ4v) is 2.85. The summed E-state index contributed by atoms with van der Waals surface area (Å²) in [6.07, 6.45) is 0. The first-order valence-electron chi connectivity index (χ1n) is 4.93. The molecule has 0 aliphatic carbocycles. The van der Waals surface area contributed by atoms with Crippen molar-refractivity contribution in [1.82, 2.24) is 0 Å². The molecule has 1 atom stereocenters. The van der Waals surface area contributed by atoms with Gasteiger partial charge in [-0.05, 0) is 20.8 Å². The summed E-state index contributed by atoms with van der Waals surface area (Å²) >= 11 is 0. The normalized spacial score (nSPS) is 13.2. The van der Waals surface area contributed by atoms with Crippen molar-refractivity contribution in [2.45, 2.75) is 33.5 Å². The molecule has 0 aliphatic heterocycles. The van der Waals surface area contributed by atoms with E-state index in [0.717, 1.165) is 13.8 Å². The highest BCUT2D eigenvalue weighted by molar-refractivity contribution is 7.55. The van der Waals surface area contributed by atoms with Crippen LogP contribution in [0.15, 0.2) is 0 Å². The summed E-state index contributed by atoms with van der Waals surface area (Å²) in [5, 5.41) is 0. The van der Waals surface area contributed by atoms with Gasteiger partial charge in [0, 0.05) is 6.92 Å². The predicted molar refractivity (Wildman–Crippen MR) is 57.1 cm³/mol. The molecule has 0 aliphatic rings. The van der Waals surface area contributed by atoms with E-state index < -0.39 is 25.2 Å². The molecule has 7 heteroatoms. The SMILES string of the molecule is CCOP(=O)(OCC)C(OC(C)=O)C(C)=O.